The molecule has 1 heterocycles. The van der Waals surface area contributed by atoms with Crippen LogP contribution in [0.15, 0.2) is 18.2 Å². The number of nitrogens with two attached hydrogens (primary N) is 1. The molecule has 2 atom stereocenters. The number of aryl methyl sites for hydroxylation is 1. The average molecular weight is 287 g/mol. The number of nitrogens with one attached hydrogen (secondary N) is 2. The summed E-state index contributed by atoms with van der Waals surface area (Å²) < 4.78 is 0. The molecule has 1 aliphatic heterocycles. The maximum atomic E-state index is 12.4. The standard InChI is InChI=1S/C16H21N3O2/c17-12-5-6-13-10(8-12)2-1-3-14(13)19-16(21)11-4-7-15(20)18-9-11/h5-6,8,11,14H,1-4,7,9,17H2,(H,18,20)(H,19,21). The molecule has 0 radical (unpaired) electrons. The molecule has 1 aromatic rings. The van der Waals surface area contributed by atoms with Crippen LogP contribution in [-0.2, 0) is 16.0 Å². The van der Waals surface area contributed by atoms with Crippen LogP contribution in [0.1, 0.15) is 42.9 Å². The number of piperidine rings is 1. The van der Waals surface area contributed by atoms with E-state index in [4.69, 9.17) is 5.73 Å². The molecule has 112 valence electrons. The quantitative estimate of drug-likeness (QED) is 0.717. The Balaban J connectivity index is 1.69. The molecular formula is C16H21N3O2. The zero-order chi connectivity index (χ0) is 14.8. The molecule has 3 rings (SSSR count). The predicted octanol–water partition coefficient (Wildman–Crippen LogP) is 1.29. The molecule has 5 heteroatoms. The van der Waals surface area contributed by atoms with Crippen molar-refractivity contribution >= 4 is 17.5 Å². The number of nitrogen functional groups attached to an aromatic ring is 1. The maximum Gasteiger partial charge on any atom is 0.225 e. The molecule has 2 aliphatic rings. The second-order valence-corrected chi connectivity index (χ2v) is 5.95. The highest BCUT2D eigenvalue weighted by molar-refractivity contribution is 5.84. The first-order valence-electron chi connectivity index (χ1n) is 7.59. The van der Waals surface area contributed by atoms with Crippen LogP contribution < -0.4 is 16.4 Å². The molecule has 4 N–H and O–H groups in total. The number of rotatable bonds is 2. The lowest BCUT2D eigenvalue weighted by Crippen LogP contribution is -2.44. The molecule has 1 aromatic carbocycles. The molecular weight excluding hydrogens is 266 g/mol. The minimum atomic E-state index is -0.109. The normalized spacial score (nSPS) is 24.9. The van der Waals surface area contributed by atoms with Gasteiger partial charge >= 0.3 is 0 Å². The van der Waals surface area contributed by atoms with Crippen LogP contribution in [0.5, 0.6) is 0 Å². The fourth-order valence-electron chi connectivity index (χ4n) is 3.23. The van der Waals surface area contributed by atoms with E-state index in [0.29, 0.717) is 19.4 Å². The molecule has 21 heavy (non-hydrogen) atoms. The van der Waals surface area contributed by atoms with E-state index in [9.17, 15) is 9.59 Å². The monoisotopic (exact) mass is 287 g/mol. The maximum absolute atomic E-state index is 12.4. The van der Waals surface area contributed by atoms with Crippen molar-refractivity contribution in [2.45, 2.75) is 38.1 Å². The molecule has 2 amide bonds. The fraction of sp³-hybridized carbons (Fsp3) is 0.500. The van der Waals surface area contributed by atoms with E-state index >= 15 is 0 Å². The first kappa shape index (κ1) is 13.9. The van der Waals surface area contributed by atoms with Crippen LogP contribution in [0.2, 0.25) is 0 Å². The molecule has 1 aliphatic carbocycles. The number of hydrogen-bond acceptors (Lipinski definition) is 3. The number of hydrogen-bond donors (Lipinski definition) is 3. The smallest absolute Gasteiger partial charge is 0.225 e. The van der Waals surface area contributed by atoms with Gasteiger partial charge in [-0.05, 0) is 48.9 Å². The zero-order valence-electron chi connectivity index (χ0n) is 12.0. The predicted molar refractivity (Wildman–Crippen MR) is 80.4 cm³/mol. The minimum absolute atomic E-state index is 0.0394. The topological polar surface area (TPSA) is 84.2 Å². The van der Waals surface area contributed by atoms with E-state index in [2.05, 4.69) is 10.6 Å². The Morgan fingerprint density at radius 2 is 2.14 bits per heavy atom. The van der Waals surface area contributed by atoms with Crippen molar-refractivity contribution in [2.24, 2.45) is 5.92 Å². The lowest BCUT2D eigenvalue weighted by atomic mass is 9.86. The molecule has 0 saturated carbocycles. The average Bonchev–Trinajstić information content (AvgIpc) is 2.47. The van der Waals surface area contributed by atoms with Crippen molar-refractivity contribution in [3.8, 4) is 0 Å². The third kappa shape index (κ3) is 3.01. The summed E-state index contributed by atoms with van der Waals surface area (Å²) in [4.78, 5) is 23.5. The van der Waals surface area contributed by atoms with Gasteiger partial charge in [-0.3, -0.25) is 9.59 Å². The van der Waals surface area contributed by atoms with Crippen LogP contribution in [0.4, 0.5) is 5.69 Å². The van der Waals surface area contributed by atoms with Gasteiger partial charge in [-0.15, -0.1) is 0 Å². The van der Waals surface area contributed by atoms with E-state index in [1.165, 1.54) is 11.1 Å². The van der Waals surface area contributed by atoms with Gasteiger partial charge in [0.1, 0.15) is 0 Å². The van der Waals surface area contributed by atoms with Crippen LogP contribution in [0.25, 0.3) is 0 Å². The van der Waals surface area contributed by atoms with E-state index in [1.807, 2.05) is 18.2 Å². The summed E-state index contributed by atoms with van der Waals surface area (Å²) in [7, 11) is 0. The second-order valence-electron chi connectivity index (χ2n) is 5.95. The molecule has 1 fully saturated rings. The van der Waals surface area contributed by atoms with Gasteiger partial charge in [-0.1, -0.05) is 6.07 Å². The largest absolute Gasteiger partial charge is 0.399 e. The Bertz CT molecular complexity index is 561. The van der Waals surface area contributed by atoms with Crippen molar-refractivity contribution in [3.05, 3.63) is 29.3 Å². The molecule has 5 nitrogen and oxygen atoms in total. The number of carbonyl (C=O) groups is 2. The number of fused-ring (bicyclic) bond motifs is 1. The first-order chi connectivity index (χ1) is 10.1. The highest BCUT2D eigenvalue weighted by Gasteiger charge is 2.28. The lowest BCUT2D eigenvalue weighted by molar-refractivity contribution is -0.129. The van der Waals surface area contributed by atoms with Gasteiger partial charge in [0.05, 0.1) is 12.0 Å². The van der Waals surface area contributed by atoms with Crippen molar-refractivity contribution in [1.29, 1.82) is 0 Å². The number of carbonyl (C=O) groups excluding carboxylic acids is 2. The Labute approximate surface area is 124 Å². The van der Waals surface area contributed by atoms with E-state index in [0.717, 1.165) is 24.9 Å². The van der Waals surface area contributed by atoms with Gasteiger partial charge in [0.15, 0.2) is 0 Å². The lowest BCUT2D eigenvalue weighted by Gasteiger charge is -2.29. The minimum Gasteiger partial charge on any atom is -0.399 e. The summed E-state index contributed by atoms with van der Waals surface area (Å²) in [5, 5.41) is 5.91. The van der Waals surface area contributed by atoms with E-state index in [-0.39, 0.29) is 23.8 Å². The summed E-state index contributed by atoms with van der Waals surface area (Å²) >= 11 is 0. The van der Waals surface area contributed by atoms with Crippen LogP contribution in [0, 0.1) is 5.92 Å². The third-order valence-corrected chi connectivity index (χ3v) is 4.43. The van der Waals surface area contributed by atoms with Crippen LogP contribution in [0.3, 0.4) is 0 Å². The highest BCUT2D eigenvalue weighted by Crippen LogP contribution is 2.31. The van der Waals surface area contributed by atoms with E-state index in [1.54, 1.807) is 0 Å². The Hall–Kier alpha value is -2.04. The van der Waals surface area contributed by atoms with Crippen molar-refractivity contribution in [3.63, 3.8) is 0 Å². The Kier molecular flexibility index (Phi) is 3.82. The van der Waals surface area contributed by atoms with Crippen molar-refractivity contribution < 1.29 is 9.59 Å². The molecule has 1 saturated heterocycles. The molecule has 0 bridgehead atoms. The van der Waals surface area contributed by atoms with Crippen molar-refractivity contribution in [1.82, 2.24) is 10.6 Å². The highest BCUT2D eigenvalue weighted by atomic mass is 16.2. The van der Waals surface area contributed by atoms with Gasteiger partial charge in [-0.25, -0.2) is 0 Å². The van der Waals surface area contributed by atoms with E-state index < -0.39 is 0 Å². The number of anilines is 1. The van der Waals surface area contributed by atoms with Crippen LogP contribution in [-0.4, -0.2) is 18.4 Å². The summed E-state index contributed by atoms with van der Waals surface area (Å²) in [6.07, 6.45) is 4.12. The third-order valence-electron chi connectivity index (χ3n) is 4.43. The van der Waals surface area contributed by atoms with Crippen molar-refractivity contribution in [2.75, 3.05) is 12.3 Å². The number of amides is 2. The summed E-state index contributed by atoms with van der Waals surface area (Å²) in [6.45, 7) is 0.450. The van der Waals surface area contributed by atoms with Gasteiger partial charge in [0, 0.05) is 18.7 Å². The van der Waals surface area contributed by atoms with Gasteiger partial charge < -0.3 is 16.4 Å². The SMILES string of the molecule is Nc1ccc2c(c1)CCCC2NC(=O)C1CCC(=O)NC1. The summed E-state index contributed by atoms with van der Waals surface area (Å²) in [5.41, 5.74) is 9.03. The molecule has 0 aromatic heterocycles. The fourth-order valence-corrected chi connectivity index (χ4v) is 3.23. The molecule has 2 unspecified atom stereocenters. The summed E-state index contributed by atoms with van der Waals surface area (Å²) in [5.74, 6) is -0.0240. The zero-order valence-corrected chi connectivity index (χ0v) is 12.0. The summed E-state index contributed by atoms with van der Waals surface area (Å²) in [6, 6.07) is 6.00. The Morgan fingerprint density at radius 1 is 1.29 bits per heavy atom. The first-order valence-corrected chi connectivity index (χ1v) is 7.59. The molecule has 0 spiro atoms. The van der Waals surface area contributed by atoms with Gasteiger partial charge in [-0.2, -0.15) is 0 Å². The second kappa shape index (κ2) is 5.76. The van der Waals surface area contributed by atoms with Gasteiger partial charge in [0.2, 0.25) is 11.8 Å². The Morgan fingerprint density at radius 3 is 2.90 bits per heavy atom. The van der Waals surface area contributed by atoms with Crippen LogP contribution >= 0.6 is 0 Å². The number of benzene rings is 1. The van der Waals surface area contributed by atoms with Gasteiger partial charge in [0.25, 0.3) is 0 Å².